The minimum atomic E-state index is -0.179. The smallest absolute Gasteiger partial charge is 0.338 e. The number of unbranched alkanes of at least 4 members (excludes halogenated alkanes) is 5. The van der Waals surface area contributed by atoms with E-state index in [2.05, 4.69) is 20.8 Å². The highest BCUT2D eigenvalue weighted by Gasteiger charge is 2.28. The van der Waals surface area contributed by atoms with Crippen molar-refractivity contribution in [3.05, 3.63) is 29.8 Å². The summed E-state index contributed by atoms with van der Waals surface area (Å²) in [4.78, 5) is 12.7. The molecule has 0 aliphatic heterocycles. The predicted molar refractivity (Wildman–Crippen MR) is 151 cm³/mol. The molecule has 2 aliphatic carbocycles. The van der Waals surface area contributed by atoms with Crippen molar-refractivity contribution in [3.8, 4) is 5.75 Å². The zero-order valence-electron chi connectivity index (χ0n) is 23.6. The maximum absolute atomic E-state index is 12.7. The second-order valence-corrected chi connectivity index (χ2v) is 11.8. The predicted octanol–water partition coefficient (Wildman–Crippen LogP) is 9.92. The van der Waals surface area contributed by atoms with Crippen LogP contribution in [0.5, 0.6) is 5.75 Å². The van der Waals surface area contributed by atoms with Gasteiger partial charge in [-0.25, -0.2) is 4.79 Å². The van der Waals surface area contributed by atoms with Crippen LogP contribution in [0, 0.1) is 17.8 Å². The molecule has 2 saturated carbocycles. The molecule has 1 atom stereocenters. The van der Waals surface area contributed by atoms with E-state index in [0.29, 0.717) is 11.5 Å². The number of benzene rings is 1. The lowest BCUT2D eigenvalue weighted by molar-refractivity contribution is 0.0160. The number of carbonyl (C=O) groups is 1. The average Bonchev–Trinajstić information content (AvgIpc) is 2.91. The van der Waals surface area contributed by atoms with Crippen LogP contribution < -0.4 is 4.74 Å². The molecule has 0 heterocycles. The lowest BCUT2D eigenvalue weighted by Gasteiger charge is -2.33. The summed E-state index contributed by atoms with van der Waals surface area (Å²) in [7, 11) is 0. The fourth-order valence-electron chi connectivity index (χ4n) is 6.51. The van der Waals surface area contributed by atoms with Gasteiger partial charge in [0.05, 0.1) is 5.56 Å². The van der Waals surface area contributed by atoms with Gasteiger partial charge < -0.3 is 9.47 Å². The van der Waals surface area contributed by atoms with Gasteiger partial charge in [0, 0.05) is 0 Å². The van der Waals surface area contributed by atoms with Crippen molar-refractivity contribution in [2.24, 2.45) is 17.8 Å². The molecule has 1 unspecified atom stereocenters. The highest BCUT2D eigenvalue weighted by Crippen LogP contribution is 2.36. The number of carbonyl (C=O) groups excluding carboxylic acids is 1. The van der Waals surface area contributed by atoms with Crippen LogP contribution in [-0.4, -0.2) is 18.2 Å². The fraction of sp³-hybridized carbons (Fsp3) is 0.788. The first-order valence-corrected chi connectivity index (χ1v) is 15.6. The van der Waals surface area contributed by atoms with Crippen molar-refractivity contribution < 1.29 is 14.3 Å². The van der Waals surface area contributed by atoms with Crippen LogP contribution in [0.25, 0.3) is 0 Å². The van der Waals surface area contributed by atoms with E-state index in [1.54, 1.807) is 0 Å². The van der Waals surface area contributed by atoms with Gasteiger partial charge in [0.15, 0.2) is 0 Å². The van der Waals surface area contributed by atoms with E-state index in [-0.39, 0.29) is 18.2 Å². The molecule has 0 radical (unpaired) electrons. The Morgan fingerprint density at radius 2 is 1.31 bits per heavy atom. The molecule has 2 aliphatic rings. The van der Waals surface area contributed by atoms with Crippen LogP contribution in [0.15, 0.2) is 24.3 Å². The van der Waals surface area contributed by atoms with E-state index < -0.39 is 0 Å². The van der Waals surface area contributed by atoms with Gasteiger partial charge in [0.2, 0.25) is 0 Å². The minimum Gasteiger partial charge on any atom is -0.490 e. The van der Waals surface area contributed by atoms with Crippen molar-refractivity contribution >= 4 is 5.97 Å². The second kappa shape index (κ2) is 16.4. The first-order chi connectivity index (χ1) is 17.6. The molecule has 1 aromatic carbocycles. The molecule has 0 N–H and O–H groups in total. The summed E-state index contributed by atoms with van der Waals surface area (Å²) in [6.45, 7) is 6.80. The lowest BCUT2D eigenvalue weighted by Crippen LogP contribution is -2.30. The molecular weight excluding hydrogens is 444 g/mol. The van der Waals surface area contributed by atoms with Crippen molar-refractivity contribution in [3.63, 3.8) is 0 Å². The van der Waals surface area contributed by atoms with Crippen molar-refractivity contribution in [1.29, 1.82) is 0 Å². The van der Waals surface area contributed by atoms with Gasteiger partial charge in [-0.1, -0.05) is 91.4 Å². The molecule has 1 aromatic rings. The first-order valence-electron chi connectivity index (χ1n) is 15.6. The molecule has 0 bridgehead atoms. The maximum atomic E-state index is 12.7. The Morgan fingerprint density at radius 1 is 0.750 bits per heavy atom. The lowest BCUT2D eigenvalue weighted by atomic mass is 9.77. The van der Waals surface area contributed by atoms with Crippen LogP contribution in [0.3, 0.4) is 0 Å². The van der Waals surface area contributed by atoms with Crippen LogP contribution in [-0.2, 0) is 4.74 Å². The third-order valence-corrected chi connectivity index (χ3v) is 8.95. The number of hydrogen-bond donors (Lipinski definition) is 0. The highest BCUT2D eigenvalue weighted by molar-refractivity contribution is 5.89. The summed E-state index contributed by atoms with van der Waals surface area (Å²) in [6, 6.07) is 7.69. The Balaban J connectivity index is 1.38. The molecule has 3 heteroatoms. The van der Waals surface area contributed by atoms with E-state index in [1.807, 2.05) is 24.3 Å². The molecule has 0 saturated heterocycles. The summed E-state index contributed by atoms with van der Waals surface area (Å²) in [5.74, 6) is 3.12. The maximum Gasteiger partial charge on any atom is 0.338 e. The Hall–Kier alpha value is -1.51. The minimum absolute atomic E-state index is 0.0851. The Labute approximate surface area is 222 Å². The van der Waals surface area contributed by atoms with Gasteiger partial charge in [0.1, 0.15) is 18.0 Å². The van der Waals surface area contributed by atoms with Crippen LogP contribution in [0.1, 0.15) is 147 Å². The summed E-state index contributed by atoms with van der Waals surface area (Å²) < 4.78 is 12.3. The largest absolute Gasteiger partial charge is 0.490 e. The van der Waals surface area contributed by atoms with Gasteiger partial charge in [-0.3, -0.25) is 0 Å². The molecule has 3 rings (SSSR count). The van der Waals surface area contributed by atoms with E-state index in [1.165, 1.54) is 96.3 Å². The quantitative estimate of drug-likeness (QED) is 0.178. The molecular formula is C33H54O3. The zero-order chi connectivity index (χ0) is 25.6. The monoisotopic (exact) mass is 498 g/mol. The zero-order valence-corrected chi connectivity index (χ0v) is 23.6. The highest BCUT2D eigenvalue weighted by atomic mass is 16.5. The number of rotatable bonds is 15. The third-order valence-electron chi connectivity index (χ3n) is 8.95. The van der Waals surface area contributed by atoms with Gasteiger partial charge in [0.25, 0.3) is 0 Å². The molecule has 3 nitrogen and oxygen atoms in total. The van der Waals surface area contributed by atoms with Gasteiger partial charge >= 0.3 is 5.97 Å². The van der Waals surface area contributed by atoms with Crippen molar-refractivity contribution in [2.75, 3.05) is 0 Å². The van der Waals surface area contributed by atoms with Crippen molar-refractivity contribution in [1.82, 2.24) is 0 Å². The van der Waals surface area contributed by atoms with Gasteiger partial charge in [-0.05, 0) is 87.0 Å². The molecule has 2 fully saturated rings. The topological polar surface area (TPSA) is 35.5 Å². The Kier molecular flexibility index (Phi) is 13.2. The molecule has 0 amide bonds. The van der Waals surface area contributed by atoms with E-state index in [9.17, 15) is 4.79 Å². The van der Waals surface area contributed by atoms with E-state index >= 15 is 0 Å². The second-order valence-electron chi connectivity index (χ2n) is 11.8. The average molecular weight is 499 g/mol. The van der Waals surface area contributed by atoms with Crippen LogP contribution in [0.2, 0.25) is 0 Å². The SMILES string of the molecule is CCCCCCC1CCC(OC(=O)c2ccc(OC(CC)C3CCC(CCCCC)CC3)cc2)CC1. The molecule has 0 aromatic heterocycles. The fourth-order valence-corrected chi connectivity index (χ4v) is 6.51. The Morgan fingerprint density at radius 3 is 1.89 bits per heavy atom. The number of hydrogen-bond acceptors (Lipinski definition) is 3. The summed E-state index contributed by atoms with van der Waals surface area (Å²) in [6.07, 6.45) is 23.4. The number of esters is 1. The van der Waals surface area contributed by atoms with E-state index in [0.717, 1.165) is 36.8 Å². The standard InChI is InChI=1S/C33H54O3/c1-4-7-9-11-13-27-16-22-31(23-17-27)36-33(34)29-20-24-30(25-21-29)35-32(6-3)28-18-14-26(15-19-28)12-10-8-5-2/h20-21,24-28,31-32H,4-19,22-23H2,1-3H3. The van der Waals surface area contributed by atoms with Crippen molar-refractivity contribution in [2.45, 2.75) is 149 Å². The summed E-state index contributed by atoms with van der Waals surface area (Å²) in [5, 5.41) is 0. The van der Waals surface area contributed by atoms with Gasteiger partial charge in [-0.15, -0.1) is 0 Å². The summed E-state index contributed by atoms with van der Waals surface area (Å²) >= 11 is 0. The first kappa shape index (κ1) is 29.1. The third kappa shape index (κ3) is 9.75. The van der Waals surface area contributed by atoms with Crippen LogP contribution >= 0.6 is 0 Å². The van der Waals surface area contributed by atoms with E-state index in [4.69, 9.17) is 9.47 Å². The Bertz CT molecular complexity index is 711. The van der Waals surface area contributed by atoms with Gasteiger partial charge in [-0.2, -0.15) is 0 Å². The molecule has 36 heavy (non-hydrogen) atoms. The normalized spacial score (nSPS) is 25.3. The molecule has 204 valence electrons. The molecule has 0 spiro atoms. The van der Waals surface area contributed by atoms with Crippen LogP contribution in [0.4, 0.5) is 0 Å². The number of ether oxygens (including phenoxy) is 2. The summed E-state index contributed by atoms with van der Waals surface area (Å²) in [5.41, 5.74) is 0.643.